The van der Waals surface area contributed by atoms with Crippen LogP contribution in [0.5, 0.6) is 0 Å². The second-order valence-corrected chi connectivity index (χ2v) is 6.68. The molecule has 1 saturated heterocycles. The Morgan fingerprint density at radius 2 is 1.90 bits per heavy atom. The van der Waals surface area contributed by atoms with Crippen molar-refractivity contribution in [1.29, 1.82) is 0 Å². The summed E-state index contributed by atoms with van der Waals surface area (Å²) in [6.45, 7) is 11.4. The first kappa shape index (κ1) is 14.5. The second kappa shape index (κ2) is 4.55. The number of hydrogen-bond donors (Lipinski definition) is 0. The molecule has 0 radical (unpaired) electrons. The highest BCUT2D eigenvalue weighted by molar-refractivity contribution is 6.62. The van der Waals surface area contributed by atoms with E-state index in [0.29, 0.717) is 18.8 Å². The van der Waals surface area contributed by atoms with Gasteiger partial charge < -0.3 is 14.2 Å². The van der Waals surface area contributed by atoms with Crippen molar-refractivity contribution in [3.8, 4) is 0 Å². The van der Waals surface area contributed by atoms with Crippen molar-refractivity contribution in [3.63, 3.8) is 0 Å². The first-order chi connectivity index (χ1) is 9.75. The molecule has 0 bridgehead atoms. The molecule has 0 spiro atoms. The Morgan fingerprint density at radius 3 is 2.48 bits per heavy atom. The topological polar surface area (TPSA) is 51.7 Å². The van der Waals surface area contributed by atoms with Crippen LogP contribution >= 0.6 is 0 Å². The van der Waals surface area contributed by atoms with Crippen LogP contribution in [0.1, 0.15) is 50.7 Å². The van der Waals surface area contributed by atoms with Gasteiger partial charge in [-0.25, -0.2) is 0 Å². The predicted molar refractivity (Wildman–Crippen MR) is 80.4 cm³/mol. The maximum atomic E-state index is 12.1. The summed E-state index contributed by atoms with van der Waals surface area (Å²) in [5.74, 6) is 0.00738. The zero-order chi connectivity index (χ0) is 15.4. The molecule has 0 aromatic carbocycles. The van der Waals surface area contributed by atoms with E-state index in [9.17, 15) is 4.79 Å². The van der Waals surface area contributed by atoms with Crippen molar-refractivity contribution in [2.45, 2.75) is 52.4 Å². The predicted octanol–water partition coefficient (Wildman–Crippen LogP) is 1.36. The average Bonchev–Trinajstić information content (AvgIpc) is 2.84. The molecule has 2 aliphatic heterocycles. The number of amides is 1. The molecule has 1 aromatic rings. The van der Waals surface area contributed by atoms with Gasteiger partial charge in [0.05, 0.1) is 11.2 Å². The normalized spacial score (nSPS) is 22.8. The van der Waals surface area contributed by atoms with Gasteiger partial charge in [0.25, 0.3) is 5.91 Å². The summed E-state index contributed by atoms with van der Waals surface area (Å²) < 4.78 is 12.1. The van der Waals surface area contributed by atoms with Crippen LogP contribution in [0, 0.1) is 0 Å². The van der Waals surface area contributed by atoms with Crippen LogP contribution in [-0.4, -0.2) is 40.7 Å². The van der Waals surface area contributed by atoms with Crippen LogP contribution in [0.3, 0.4) is 0 Å². The van der Waals surface area contributed by atoms with Gasteiger partial charge in [0.15, 0.2) is 0 Å². The maximum absolute atomic E-state index is 12.1. The minimum atomic E-state index is -0.432. The molecule has 0 N–H and O–H groups in total. The summed E-state index contributed by atoms with van der Waals surface area (Å²) in [5, 5.41) is 0. The van der Waals surface area contributed by atoms with Gasteiger partial charge >= 0.3 is 7.12 Å². The van der Waals surface area contributed by atoms with Crippen LogP contribution in [0.4, 0.5) is 0 Å². The van der Waals surface area contributed by atoms with Gasteiger partial charge in [-0.1, -0.05) is 6.07 Å². The summed E-state index contributed by atoms with van der Waals surface area (Å²) in [6.07, 6.45) is 1.69. The van der Waals surface area contributed by atoms with Gasteiger partial charge in [-0.05, 0) is 34.6 Å². The molecule has 1 aromatic heterocycles. The lowest BCUT2D eigenvalue weighted by Crippen LogP contribution is -2.41. The SMILES string of the molecule is CCN1Cc2cc(B3OC(C)(C)C(C)(C)O3)cnc2C1=O. The van der Waals surface area contributed by atoms with Crippen molar-refractivity contribution >= 4 is 18.5 Å². The van der Waals surface area contributed by atoms with Gasteiger partial charge in [0.2, 0.25) is 0 Å². The average molecular weight is 288 g/mol. The molecule has 6 heteroatoms. The maximum Gasteiger partial charge on any atom is 0.496 e. The van der Waals surface area contributed by atoms with Crippen molar-refractivity contribution in [1.82, 2.24) is 9.88 Å². The molecule has 0 unspecified atom stereocenters. The second-order valence-electron chi connectivity index (χ2n) is 6.68. The summed E-state index contributed by atoms with van der Waals surface area (Å²) in [7, 11) is -0.432. The Bertz CT molecular complexity index is 585. The number of rotatable bonds is 2. The van der Waals surface area contributed by atoms with Crippen LogP contribution in [0.15, 0.2) is 12.3 Å². The van der Waals surface area contributed by atoms with E-state index >= 15 is 0 Å². The van der Waals surface area contributed by atoms with Crippen molar-refractivity contribution in [2.75, 3.05) is 6.54 Å². The third-order valence-electron chi connectivity index (χ3n) is 4.75. The van der Waals surface area contributed by atoms with E-state index in [0.717, 1.165) is 11.0 Å². The quantitative estimate of drug-likeness (QED) is 0.771. The van der Waals surface area contributed by atoms with Crippen LogP contribution < -0.4 is 5.46 Å². The highest BCUT2D eigenvalue weighted by Crippen LogP contribution is 2.36. The largest absolute Gasteiger partial charge is 0.496 e. The molecular formula is C15H21BN2O3. The van der Waals surface area contributed by atoms with Gasteiger partial charge in [-0.3, -0.25) is 9.78 Å². The fourth-order valence-corrected chi connectivity index (χ4v) is 2.63. The lowest BCUT2D eigenvalue weighted by Gasteiger charge is -2.32. The molecule has 0 aliphatic carbocycles. The van der Waals surface area contributed by atoms with Crippen LogP contribution in [-0.2, 0) is 15.9 Å². The number of nitrogens with zero attached hydrogens (tertiary/aromatic N) is 2. The van der Waals surface area contributed by atoms with Crippen molar-refractivity contribution in [2.24, 2.45) is 0 Å². The number of pyridine rings is 1. The molecule has 1 fully saturated rings. The fourth-order valence-electron chi connectivity index (χ4n) is 2.63. The molecule has 3 rings (SSSR count). The van der Waals surface area contributed by atoms with E-state index in [2.05, 4.69) is 4.98 Å². The minimum absolute atomic E-state index is 0.00738. The van der Waals surface area contributed by atoms with Crippen LogP contribution in [0.2, 0.25) is 0 Å². The summed E-state index contributed by atoms with van der Waals surface area (Å²) in [4.78, 5) is 18.2. The number of hydrogen-bond acceptors (Lipinski definition) is 4. The smallest absolute Gasteiger partial charge is 0.399 e. The lowest BCUT2D eigenvalue weighted by molar-refractivity contribution is 0.00578. The summed E-state index contributed by atoms with van der Waals surface area (Å²) >= 11 is 0. The third-order valence-corrected chi connectivity index (χ3v) is 4.75. The Balaban J connectivity index is 1.89. The van der Waals surface area contributed by atoms with E-state index in [-0.39, 0.29) is 17.1 Å². The molecule has 112 valence electrons. The van der Waals surface area contributed by atoms with Gasteiger partial charge in [-0.15, -0.1) is 0 Å². The lowest BCUT2D eigenvalue weighted by atomic mass is 9.79. The first-order valence-corrected chi connectivity index (χ1v) is 7.39. The number of carbonyl (C=O) groups is 1. The molecule has 0 atom stereocenters. The van der Waals surface area contributed by atoms with Gasteiger partial charge in [-0.2, -0.15) is 0 Å². The molecule has 2 aliphatic rings. The monoisotopic (exact) mass is 288 g/mol. The van der Waals surface area contributed by atoms with Crippen molar-refractivity contribution in [3.05, 3.63) is 23.5 Å². The molecule has 3 heterocycles. The highest BCUT2D eigenvalue weighted by Gasteiger charge is 2.52. The third kappa shape index (κ3) is 2.17. The van der Waals surface area contributed by atoms with E-state index < -0.39 is 7.12 Å². The van der Waals surface area contributed by atoms with E-state index in [4.69, 9.17) is 9.31 Å². The van der Waals surface area contributed by atoms with E-state index in [1.165, 1.54) is 0 Å². The summed E-state index contributed by atoms with van der Waals surface area (Å²) in [5.41, 5.74) is 1.63. The zero-order valence-corrected chi connectivity index (χ0v) is 13.3. The standard InChI is InChI=1S/C15H21BN2O3/c1-6-18-9-10-7-11(8-17-12(10)13(18)19)16-20-14(2,3)15(4,5)21-16/h7-8H,6,9H2,1-5H3. The minimum Gasteiger partial charge on any atom is -0.399 e. The number of fused-ring (bicyclic) bond motifs is 1. The molecule has 1 amide bonds. The molecule has 21 heavy (non-hydrogen) atoms. The van der Waals surface area contributed by atoms with Crippen molar-refractivity contribution < 1.29 is 14.1 Å². The van der Waals surface area contributed by atoms with Gasteiger partial charge in [0.1, 0.15) is 5.69 Å². The van der Waals surface area contributed by atoms with E-state index in [1.54, 1.807) is 11.1 Å². The molecule has 5 nitrogen and oxygen atoms in total. The van der Waals surface area contributed by atoms with Crippen LogP contribution in [0.25, 0.3) is 0 Å². The van der Waals surface area contributed by atoms with E-state index in [1.807, 2.05) is 40.7 Å². The number of carbonyl (C=O) groups excluding carboxylic acids is 1. The van der Waals surface area contributed by atoms with Gasteiger partial charge in [0, 0.05) is 30.3 Å². The first-order valence-electron chi connectivity index (χ1n) is 7.39. The molecule has 0 saturated carbocycles. The Labute approximate surface area is 125 Å². The zero-order valence-electron chi connectivity index (χ0n) is 13.3. The molecular weight excluding hydrogens is 267 g/mol. The summed E-state index contributed by atoms with van der Waals surface area (Å²) in [6, 6.07) is 1.98. The Kier molecular flexibility index (Phi) is 3.15. The fraction of sp³-hybridized carbons (Fsp3) is 0.600. The Hall–Kier alpha value is -1.40. The highest BCUT2D eigenvalue weighted by atomic mass is 16.7. The Morgan fingerprint density at radius 1 is 1.29 bits per heavy atom. The number of aromatic nitrogens is 1.